The van der Waals surface area contributed by atoms with Crippen LogP contribution in [0.5, 0.6) is 0 Å². The first-order valence-corrected chi connectivity index (χ1v) is 5.81. The molecule has 2 heterocycles. The first-order valence-electron chi connectivity index (χ1n) is 5.01. The molecule has 0 aliphatic carbocycles. The lowest BCUT2D eigenvalue weighted by atomic mass is 10.0. The molecule has 1 aliphatic rings. The zero-order chi connectivity index (χ0) is 9.97. The average molecular weight is 256 g/mol. The van der Waals surface area contributed by atoms with Gasteiger partial charge in [-0.05, 0) is 42.1 Å². The van der Waals surface area contributed by atoms with Crippen molar-refractivity contribution in [3.8, 4) is 0 Å². The molecule has 1 unspecified atom stereocenters. The molecule has 0 N–H and O–H groups in total. The van der Waals surface area contributed by atoms with E-state index in [1.165, 1.54) is 19.3 Å². The summed E-state index contributed by atoms with van der Waals surface area (Å²) in [7, 11) is 0. The molecule has 1 fully saturated rings. The van der Waals surface area contributed by atoms with Crippen molar-refractivity contribution in [1.82, 2.24) is 9.97 Å². The van der Waals surface area contributed by atoms with Crippen LogP contribution in [0.25, 0.3) is 0 Å². The van der Waals surface area contributed by atoms with Crippen molar-refractivity contribution < 1.29 is 0 Å². The Labute approximate surface area is 92.7 Å². The summed E-state index contributed by atoms with van der Waals surface area (Å²) >= 11 is 3.35. The van der Waals surface area contributed by atoms with E-state index in [0.717, 1.165) is 17.0 Å². The first-order chi connectivity index (χ1) is 6.77. The van der Waals surface area contributed by atoms with Crippen LogP contribution in [0.4, 0.5) is 5.82 Å². The van der Waals surface area contributed by atoms with Crippen molar-refractivity contribution in [1.29, 1.82) is 0 Å². The van der Waals surface area contributed by atoms with E-state index in [4.69, 9.17) is 0 Å². The number of aromatic nitrogens is 2. The van der Waals surface area contributed by atoms with E-state index in [-0.39, 0.29) is 0 Å². The minimum Gasteiger partial charge on any atom is -0.353 e. The fourth-order valence-electron chi connectivity index (χ4n) is 1.91. The van der Waals surface area contributed by atoms with Crippen molar-refractivity contribution in [3.63, 3.8) is 0 Å². The van der Waals surface area contributed by atoms with Crippen molar-refractivity contribution in [3.05, 3.63) is 17.0 Å². The van der Waals surface area contributed by atoms with Gasteiger partial charge in [0.25, 0.3) is 0 Å². The standard InChI is InChI=1S/C10H14BrN3/c1-8-4-2-3-5-14(8)10-7-12-6-9(11)13-10/h6-8H,2-5H2,1H3. The van der Waals surface area contributed by atoms with Gasteiger partial charge in [0.1, 0.15) is 10.4 Å². The minimum absolute atomic E-state index is 0.590. The Bertz CT molecular complexity index is 316. The normalized spacial score (nSPS) is 22.4. The van der Waals surface area contributed by atoms with Crippen molar-refractivity contribution in [2.75, 3.05) is 11.4 Å². The van der Waals surface area contributed by atoms with E-state index < -0.39 is 0 Å². The monoisotopic (exact) mass is 255 g/mol. The molecule has 1 aliphatic heterocycles. The smallest absolute Gasteiger partial charge is 0.148 e. The van der Waals surface area contributed by atoms with Gasteiger partial charge < -0.3 is 4.90 Å². The van der Waals surface area contributed by atoms with Gasteiger partial charge in [-0.2, -0.15) is 0 Å². The Morgan fingerprint density at radius 3 is 3.00 bits per heavy atom. The molecule has 1 saturated heterocycles. The summed E-state index contributed by atoms with van der Waals surface area (Å²) < 4.78 is 0.813. The highest BCUT2D eigenvalue weighted by atomic mass is 79.9. The largest absolute Gasteiger partial charge is 0.353 e. The molecule has 0 spiro atoms. The fourth-order valence-corrected chi connectivity index (χ4v) is 2.21. The second-order valence-corrected chi connectivity index (χ2v) is 4.55. The van der Waals surface area contributed by atoms with Crippen molar-refractivity contribution in [2.24, 2.45) is 0 Å². The molecule has 1 aromatic heterocycles. The lowest BCUT2D eigenvalue weighted by Gasteiger charge is -2.34. The van der Waals surface area contributed by atoms with E-state index in [0.29, 0.717) is 6.04 Å². The molecular weight excluding hydrogens is 242 g/mol. The molecule has 0 aromatic carbocycles. The lowest BCUT2D eigenvalue weighted by molar-refractivity contribution is 0.480. The van der Waals surface area contributed by atoms with Gasteiger partial charge in [0.15, 0.2) is 0 Å². The summed E-state index contributed by atoms with van der Waals surface area (Å²) in [5, 5.41) is 0. The van der Waals surface area contributed by atoms with E-state index in [9.17, 15) is 0 Å². The number of rotatable bonds is 1. The molecule has 0 radical (unpaired) electrons. The number of halogens is 1. The number of nitrogens with zero attached hydrogens (tertiary/aromatic N) is 3. The Morgan fingerprint density at radius 1 is 1.43 bits per heavy atom. The SMILES string of the molecule is CC1CCCCN1c1cncc(Br)n1. The van der Waals surface area contributed by atoms with Crippen LogP contribution in [-0.4, -0.2) is 22.6 Å². The van der Waals surface area contributed by atoms with Gasteiger partial charge in [-0.15, -0.1) is 0 Å². The predicted molar refractivity (Wildman–Crippen MR) is 60.4 cm³/mol. The van der Waals surface area contributed by atoms with E-state index in [1.54, 1.807) is 6.20 Å². The van der Waals surface area contributed by atoms with Crippen LogP contribution in [0, 0.1) is 0 Å². The van der Waals surface area contributed by atoms with Gasteiger partial charge in [-0.3, -0.25) is 4.98 Å². The number of hydrogen-bond acceptors (Lipinski definition) is 3. The second kappa shape index (κ2) is 4.26. The summed E-state index contributed by atoms with van der Waals surface area (Å²) in [6, 6.07) is 0.590. The molecule has 0 amide bonds. The predicted octanol–water partition coefficient (Wildman–Crippen LogP) is 2.62. The topological polar surface area (TPSA) is 29.0 Å². The number of anilines is 1. The maximum Gasteiger partial charge on any atom is 0.148 e. The Morgan fingerprint density at radius 2 is 2.29 bits per heavy atom. The summed E-state index contributed by atoms with van der Waals surface area (Å²) in [5.41, 5.74) is 0. The Kier molecular flexibility index (Phi) is 3.01. The number of piperidine rings is 1. The van der Waals surface area contributed by atoms with Crippen molar-refractivity contribution >= 4 is 21.7 Å². The Balaban J connectivity index is 2.20. The van der Waals surface area contributed by atoms with Crippen LogP contribution in [0.2, 0.25) is 0 Å². The van der Waals surface area contributed by atoms with Crippen LogP contribution >= 0.6 is 15.9 Å². The molecule has 0 bridgehead atoms. The third-order valence-corrected chi connectivity index (χ3v) is 3.07. The molecule has 2 rings (SSSR count). The highest BCUT2D eigenvalue weighted by Gasteiger charge is 2.19. The Hall–Kier alpha value is -0.640. The average Bonchev–Trinajstić information content (AvgIpc) is 2.18. The van der Waals surface area contributed by atoms with Gasteiger partial charge in [0, 0.05) is 12.6 Å². The maximum absolute atomic E-state index is 4.43. The molecule has 3 nitrogen and oxygen atoms in total. The minimum atomic E-state index is 0.590. The highest BCUT2D eigenvalue weighted by Crippen LogP contribution is 2.22. The molecule has 76 valence electrons. The van der Waals surface area contributed by atoms with Gasteiger partial charge in [-0.25, -0.2) is 4.98 Å². The third-order valence-electron chi connectivity index (χ3n) is 2.69. The summed E-state index contributed by atoms with van der Waals surface area (Å²) in [6.07, 6.45) is 7.41. The zero-order valence-electron chi connectivity index (χ0n) is 8.28. The van der Waals surface area contributed by atoms with Gasteiger partial charge in [0.2, 0.25) is 0 Å². The summed E-state index contributed by atoms with van der Waals surface area (Å²) in [5.74, 6) is 0.992. The fraction of sp³-hybridized carbons (Fsp3) is 0.600. The lowest BCUT2D eigenvalue weighted by Crippen LogP contribution is -2.38. The molecule has 0 saturated carbocycles. The molecule has 4 heteroatoms. The zero-order valence-corrected chi connectivity index (χ0v) is 9.87. The summed E-state index contributed by atoms with van der Waals surface area (Å²) in [4.78, 5) is 10.9. The molecular formula is C10H14BrN3. The van der Waals surface area contributed by atoms with Crippen LogP contribution < -0.4 is 4.90 Å². The molecule has 14 heavy (non-hydrogen) atoms. The quantitative estimate of drug-likeness (QED) is 0.773. The van der Waals surface area contributed by atoms with Gasteiger partial charge >= 0.3 is 0 Å². The van der Waals surface area contributed by atoms with E-state index >= 15 is 0 Å². The van der Waals surface area contributed by atoms with E-state index in [1.807, 2.05) is 6.20 Å². The van der Waals surface area contributed by atoms with Crippen LogP contribution in [0.15, 0.2) is 17.0 Å². The van der Waals surface area contributed by atoms with Crippen molar-refractivity contribution in [2.45, 2.75) is 32.2 Å². The second-order valence-electron chi connectivity index (χ2n) is 3.74. The van der Waals surface area contributed by atoms with Crippen LogP contribution in [0.3, 0.4) is 0 Å². The van der Waals surface area contributed by atoms with Gasteiger partial charge in [-0.1, -0.05) is 0 Å². The van der Waals surface area contributed by atoms with E-state index in [2.05, 4.69) is 37.7 Å². The number of hydrogen-bond donors (Lipinski definition) is 0. The highest BCUT2D eigenvalue weighted by molar-refractivity contribution is 9.10. The first kappa shape index (κ1) is 9.90. The molecule has 1 aromatic rings. The van der Waals surface area contributed by atoms with Crippen LogP contribution in [-0.2, 0) is 0 Å². The maximum atomic E-state index is 4.43. The third kappa shape index (κ3) is 2.05. The van der Waals surface area contributed by atoms with Crippen LogP contribution in [0.1, 0.15) is 26.2 Å². The molecule has 1 atom stereocenters. The summed E-state index contributed by atoms with van der Waals surface area (Å²) in [6.45, 7) is 3.36. The van der Waals surface area contributed by atoms with Gasteiger partial charge in [0.05, 0.1) is 12.4 Å².